The summed E-state index contributed by atoms with van der Waals surface area (Å²) in [5.74, 6) is -1.95. The first-order valence-corrected chi connectivity index (χ1v) is 11.1. The Morgan fingerprint density at radius 2 is 1.74 bits per heavy atom. The van der Waals surface area contributed by atoms with E-state index < -0.39 is 33.9 Å². The van der Waals surface area contributed by atoms with Gasteiger partial charge in [-0.1, -0.05) is 18.2 Å². The smallest absolute Gasteiger partial charge is 0.335 e. The Morgan fingerprint density at radius 3 is 2.23 bits per heavy atom. The number of carboxylic acid groups (broad SMARTS) is 1. The lowest BCUT2D eigenvalue weighted by Crippen LogP contribution is -2.40. The third-order valence-corrected chi connectivity index (χ3v) is 5.77. The highest BCUT2D eigenvalue weighted by molar-refractivity contribution is 7.89. The predicted octanol–water partition coefficient (Wildman–Crippen LogP) is 3.00. The van der Waals surface area contributed by atoms with Crippen molar-refractivity contribution in [3.8, 4) is 0 Å². The highest BCUT2D eigenvalue weighted by atomic mass is 32.2. The third kappa shape index (κ3) is 6.73. The number of hydrogen-bond donors (Lipinski definition) is 2. The largest absolute Gasteiger partial charge is 0.481 e. The molecule has 0 aliphatic heterocycles. The van der Waals surface area contributed by atoms with Crippen LogP contribution < -0.4 is 4.72 Å². The Balaban J connectivity index is 2.65. The summed E-state index contributed by atoms with van der Waals surface area (Å²) in [6.07, 6.45) is 2.49. The molecule has 1 aromatic heterocycles. The van der Waals surface area contributed by atoms with Crippen LogP contribution in [0.1, 0.15) is 45.2 Å². The monoisotopic (exact) mass is 446 g/mol. The Bertz CT molecular complexity index is 1070. The number of rotatable bonds is 8. The lowest BCUT2D eigenvalue weighted by molar-refractivity contribution is -0.142. The van der Waals surface area contributed by atoms with E-state index in [1.54, 1.807) is 46.0 Å². The highest BCUT2D eigenvalue weighted by Crippen LogP contribution is 2.30. The molecule has 0 atom stereocenters. The topological polar surface area (TPSA) is 123 Å². The molecule has 2 aromatic rings. The van der Waals surface area contributed by atoms with Gasteiger partial charge in [-0.2, -0.15) is 0 Å². The van der Waals surface area contributed by atoms with Gasteiger partial charge in [0, 0.05) is 29.1 Å². The second-order valence-electron chi connectivity index (χ2n) is 7.77. The molecule has 0 saturated carbocycles. The number of nitrogens with zero attached hydrogens (tertiary/aromatic N) is 1. The molecule has 0 fully saturated rings. The molecule has 2 N–H and O–H groups in total. The van der Waals surface area contributed by atoms with Crippen LogP contribution in [0.2, 0.25) is 0 Å². The van der Waals surface area contributed by atoms with Gasteiger partial charge in [-0.3, -0.25) is 9.78 Å². The first-order chi connectivity index (χ1) is 14.4. The van der Waals surface area contributed by atoms with Crippen molar-refractivity contribution in [2.45, 2.75) is 44.6 Å². The van der Waals surface area contributed by atoms with Gasteiger partial charge < -0.3 is 9.84 Å². The molecule has 166 valence electrons. The summed E-state index contributed by atoms with van der Waals surface area (Å²) in [7, 11) is -3.75. The SMILES string of the molecule is CCOC(=O)/C(CC(=O)O)=C(\c1ccc(S(=O)(=O)NC(C)(C)C)cc1)c1cccnc1. The van der Waals surface area contributed by atoms with Crippen LogP contribution in [0, 0.1) is 0 Å². The number of nitrogens with one attached hydrogen (secondary N) is 1. The number of hydrogen-bond acceptors (Lipinski definition) is 6. The number of pyridine rings is 1. The van der Waals surface area contributed by atoms with Gasteiger partial charge >= 0.3 is 11.9 Å². The summed E-state index contributed by atoms with van der Waals surface area (Å²) in [5, 5.41) is 9.36. The number of carboxylic acids is 1. The van der Waals surface area contributed by atoms with Gasteiger partial charge in [0.05, 0.1) is 23.5 Å². The first kappa shape index (κ1) is 24.2. The van der Waals surface area contributed by atoms with Crippen LogP contribution in [0.5, 0.6) is 0 Å². The minimum atomic E-state index is -3.75. The van der Waals surface area contributed by atoms with Gasteiger partial charge in [-0.05, 0) is 51.5 Å². The summed E-state index contributed by atoms with van der Waals surface area (Å²) >= 11 is 0. The van der Waals surface area contributed by atoms with Crippen molar-refractivity contribution < 1.29 is 27.9 Å². The van der Waals surface area contributed by atoms with E-state index in [1.807, 2.05) is 0 Å². The van der Waals surface area contributed by atoms with Crippen molar-refractivity contribution >= 4 is 27.5 Å². The summed E-state index contributed by atoms with van der Waals surface area (Å²) < 4.78 is 32.8. The van der Waals surface area contributed by atoms with Crippen LogP contribution in [0.25, 0.3) is 5.57 Å². The van der Waals surface area contributed by atoms with Gasteiger partial charge in [0.2, 0.25) is 10.0 Å². The van der Waals surface area contributed by atoms with Crippen molar-refractivity contribution in [2.75, 3.05) is 6.61 Å². The quantitative estimate of drug-likeness (QED) is 0.472. The number of ether oxygens (including phenoxy) is 1. The molecule has 9 heteroatoms. The second-order valence-corrected chi connectivity index (χ2v) is 9.45. The summed E-state index contributed by atoms with van der Waals surface area (Å²) in [4.78, 5) is 28.1. The average molecular weight is 447 g/mol. The number of esters is 1. The molecular formula is C22H26N2O6S. The van der Waals surface area contributed by atoms with Crippen LogP contribution in [-0.4, -0.2) is 42.6 Å². The molecule has 1 heterocycles. The van der Waals surface area contributed by atoms with Crippen LogP contribution in [0.4, 0.5) is 0 Å². The van der Waals surface area contributed by atoms with Crippen LogP contribution in [0.3, 0.4) is 0 Å². The normalized spacial score (nSPS) is 12.8. The average Bonchev–Trinajstić information content (AvgIpc) is 2.67. The lowest BCUT2D eigenvalue weighted by atomic mass is 9.92. The van der Waals surface area contributed by atoms with Crippen LogP contribution in [0.15, 0.2) is 59.3 Å². The van der Waals surface area contributed by atoms with E-state index >= 15 is 0 Å². The maximum absolute atomic E-state index is 12.6. The van der Waals surface area contributed by atoms with Crippen molar-refractivity contribution in [2.24, 2.45) is 0 Å². The van der Waals surface area contributed by atoms with Gasteiger partial charge in [0.1, 0.15) is 0 Å². The molecule has 2 rings (SSSR count). The summed E-state index contributed by atoms with van der Waals surface area (Å²) in [6.45, 7) is 6.92. The molecule has 0 aliphatic carbocycles. The van der Waals surface area contributed by atoms with E-state index in [0.717, 1.165) is 0 Å². The number of carbonyl (C=O) groups excluding carboxylic acids is 1. The van der Waals surface area contributed by atoms with Crippen LogP contribution in [-0.2, 0) is 24.3 Å². The van der Waals surface area contributed by atoms with Gasteiger partial charge in [-0.15, -0.1) is 0 Å². The summed E-state index contributed by atoms with van der Waals surface area (Å²) in [5.41, 5.74) is 0.589. The van der Waals surface area contributed by atoms with Gasteiger partial charge in [0.15, 0.2) is 0 Å². The van der Waals surface area contributed by atoms with E-state index in [9.17, 15) is 23.1 Å². The lowest BCUT2D eigenvalue weighted by Gasteiger charge is -2.20. The molecule has 0 bridgehead atoms. The predicted molar refractivity (Wildman–Crippen MR) is 116 cm³/mol. The fourth-order valence-electron chi connectivity index (χ4n) is 2.92. The zero-order valence-electron chi connectivity index (χ0n) is 17.9. The van der Waals surface area contributed by atoms with E-state index in [4.69, 9.17) is 4.74 Å². The Morgan fingerprint density at radius 1 is 1.10 bits per heavy atom. The van der Waals surface area contributed by atoms with E-state index in [1.165, 1.54) is 30.5 Å². The molecule has 31 heavy (non-hydrogen) atoms. The molecule has 0 unspecified atom stereocenters. The minimum Gasteiger partial charge on any atom is -0.481 e. The van der Waals surface area contributed by atoms with Gasteiger partial charge in [0.25, 0.3) is 0 Å². The van der Waals surface area contributed by atoms with E-state index in [0.29, 0.717) is 16.7 Å². The fraction of sp³-hybridized carbons (Fsp3) is 0.318. The van der Waals surface area contributed by atoms with E-state index in [2.05, 4.69) is 9.71 Å². The number of sulfonamides is 1. The molecular weight excluding hydrogens is 420 g/mol. The highest BCUT2D eigenvalue weighted by Gasteiger charge is 2.24. The minimum absolute atomic E-state index is 0.0487. The van der Waals surface area contributed by atoms with Crippen molar-refractivity contribution in [3.05, 3.63) is 65.5 Å². The maximum atomic E-state index is 12.6. The molecule has 0 saturated heterocycles. The van der Waals surface area contributed by atoms with Crippen molar-refractivity contribution in [3.63, 3.8) is 0 Å². The molecule has 0 spiro atoms. The molecule has 0 amide bonds. The van der Waals surface area contributed by atoms with Crippen LogP contribution >= 0.6 is 0 Å². The molecule has 0 radical (unpaired) electrons. The first-order valence-electron chi connectivity index (χ1n) is 9.61. The van der Waals surface area contributed by atoms with Gasteiger partial charge in [-0.25, -0.2) is 17.9 Å². The standard InChI is InChI=1S/C22H26N2O6S/c1-5-30-21(27)18(13-19(25)26)20(16-7-6-12-23-14-16)15-8-10-17(11-9-15)31(28,29)24-22(2,3)4/h6-12,14,24H,5,13H2,1-4H3,(H,25,26)/b20-18+. The summed E-state index contributed by atoms with van der Waals surface area (Å²) in [6, 6.07) is 9.22. The zero-order chi connectivity index (χ0) is 23.2. The fourth-order valence-corrected chi connectivity index (χ4v) is 4.34. The van der Waals surface area contributed by atoms with Crippen molar-refractivity contribution in [1.29, 1.82) is 0 Å². The molecule has 0 aliphatic rings. The van der Waals surface area contributed by atoms with Crippen molar-refractivity contribution in [1.82, 2.24) is 9.71 Å². The maximum Gasteiger partial charge on any atom is 0.335 e. The Labute approximate surface area is 182 Å². The Kier molecular flexibility index (Phi) is 7.70. The molecule has 8 nitrogen and oxygen atoms in total. The number of benzene rings is 1. The zero-order valence-corrected chi connectivity index (χ0v) is 18.7. The number of aliphatic carboxylic acids is 1. The Hall–Kier alpha value is -3.04. The number of carbonyl (C=O) groups is 2. The van der Waals surface area contributed by atoms with E-state index in [-0.39, 0.29) is 17.1 Å². The third-order valence-electron chi connectivity index (χ3n) is 4.00. The second kappa shape index (κ2) is 9.84. The molecule has 1 aromatic carbocycles. The number of aromatic nitrogens is 1.